The van der Waals surface area contributed by atoms with E-state index in [0.29, 0.717) is 0 Å². The van der Waals surface area contributed by atoms with Gasteiger partial charge >= 0.3 is 0 Å². The summed E-state index contributed by atoms with van der Waals surface area (Å²) in [7, 11) is 1.94. The molecule has 0 bridgehead atoms. The Kier molecular flexibility index (Phi) is 3.96. The van der Waals surface area contributed by atoms with Gasteiger partial charge in [-0.3, -0.25) is 0 Å². The van der Waals surface area contributed by atoms with Crippen molar-refractivity contribution < 1.29 is 4.52 Å². The average Bonchev–Trinajstić information content (AvgIpc) is 2.82. The highest BCUT2D eigenvalue weighted by molar-refractivity contribution is 7.98. The summed E-state index contributed by atoms with van der Waals surface area (Å²) >= 11 is 1.70. The van der Waals surface area contributed by atoms with Crippen LogP contribution in [0.25, 0.3) is 0 Å². The van der Waals surface area contributed by atoms with Crippen LogP contribution in [-0.2, 0) is 12.3 Å². The molecule has 0 unspecified atom stereocenters. The fourth-order valence-corrected chi connectivity index (χ4v) is 2.06. The summed E-state index contributed by atoms with van der Waals surface area (Å²) < 4.78 is 4.67. The molecule has 4 nitrogen and oxygen atoms in total. The molecule has 16 heavy (non-hydrogen) atoms. The Balaban J connectivity index is 1.90. The smallest absolute Gasteiger partial charge is 0.213 e. The number of rotatable bonds is 5. The fourth-order valence-electron chi connectivity index (χ4n) is 1.31. The molecule has 0 aliphatic heterocycles. The van der Waals surface area contributed by atoms with Gasteiger partial charge in [0.1, 0.15) is 0 Å². The summed E-state index contributed by atoms with van der Waals surface area (Å²) in [6, 6.07) is 8.46. The maximum absolute atomic E-state index is 4.67. The van der Waals surface area contributed by atoms with Crippen LogP contribution in [0, 0.1) is 0 Å². The van der Waals surface area contributed by atoms with Gasteiger partial charge in [0, 0.05) is 11.4 Å². The maximum Gasteiger partial charge on any atom is 0.213 e. The zero-order chi connectivity index (χ0) is 11.2. The average molecular weight is 235 g/mol. The van der Waals surface area contributed by atoms with Crippen LogP contribution in [0.5, 0.6) is 0 Å². The van der Waals surface area contributed by atoms with E-state index in [0.717, 1.165) is 18.1 Å². The van der Waals surface area contributed by atoms with Crippen LogP contribution in [0.15, 0.2) is 40.1 Å². The van der Waals surface area contributed by atoms with Crippen LogP contribution in [0.3, 0.4) is 0 Å². The molecule has 0 fully saturated rings. The Labute approximate surface area is 98.4 Å². The van der Waals surface area contributed by atoms with Crippen LogP contribution in [-0.4, -0.2) is 17.2 Å². The molecular formula is C11H13N3OS. The Morgan fingerprint density at radius 3 is 2.75 bits per heavy atom. The predicted molar refractivity (Wildman–Crippen MR) is 63.1 cm³/mol. The standard InChI is InChI=1S/C11H13N3OS/c1-12-6-9-2-4-10(5-3-9)16-7-11-13-8-15-14-11/h2-5,8,12H,6-7H2,1H3. The maximum atomic E-state index is 4.67. The molecule has 84 valence electrons. The number of thioether (sulfide) groups is 1. The monoisotopic (exact) mass is 235 g/mol. The van der Waals surface area contributed by atoms with Crippen molar-refractivity contribution in [3.8, 4) is 0 Å². The summed E-state index contributed by atoms with van der Waals surface area (Å²) in [4.78, 5) is 5.18. The van der Waals surface area contributed by atoms with Crippen LogP contribution in [0.2, 0.25) is 0 Å². The van der Waals surface area contributed by atoms with Gasteiger partial charge in [-0.25, -0.2) is 0 Å². The zero-order valence-electron chi connectivity index (χ0n) is 9.01. The largest absolute Gasteiger partial charge is 0.343 e. The molecule has 1 N–H and O–H groups in total. The van der Waals surface area contributed by atoms with Crippen LogP contribution < -0.4 is 5.32 Å². The van der Waals surface area contributed by atoms with Crippen LogP contribution in [0.4, 0.5) is 0 Å². The highest BCUT2D eigenvalue weighted by Gasteiger charge is 2.00. The first kappa shape index (κ1) is 11.2. The van der Waals surface area contributed by atoms with Gasteiger partial charge in [0.2, 0.25) is 6.39 Å². The summed E-state index contributed by atoms with van der Waals surface area (Å²) in [5, 5.41) is 6.88. The third-order valence-electron chi connectivity index (χ3n) is 2.08. The van der Waals surface area contributed by atoms with Gasteiger partial charge in [0.25, 0.3) is 0 Å². The van der Waals surface area contributed by atoms with E-state index in [1.807, 2.05) is 7.05 Å². The van der Waals surface area contributed by atoms with E-state index in [1.54, 1.807) is 11.8 Å². The predicted octanol–water partition coefficient (Wildman–Crippen LogP) is 2.08. The first-order chi connectivity index (χ1) is 7.88. The normalized spacial score (nSPS) is 10.6. The number of nitrogens with zero attached hydrogens (tertiary/aromatic N) is 2. The highest BCUT2D eigenvalue weighted by atomic mass is 32.2. The zero-order valence-corrected chi connectivity index (χ0v) is 9.83. The first-order valence-corrected chi connectivity index (χ1v) is 5.98. The molecule has 1 aromatic carbocycles. The second-order valence-electron chi connectivity index (χ2n) is 3.31. The Morgan fingerprint density at radius 2 is 2.12 bits per heavy atom. The second-order valence-corrected chi connectivity index (χ2v) is 4.36. The molecule has 5 heteroatoms. The van der Waals surface area contributed by atoms with Crippen molar-refractivity contribution in [3.05, 3.63) is 42.0 Å². The molecule has 0 saturated heterocycles. The van der Waals surface area contributed by atoms with Crippen molar-refractivity contribution in [3.63, 3.8) is 0 Å². The van der Waals surface area contributed by atoms with E-state index < -0.39 is 0 Å². The van der Waals surface area contributed by atoms with E-state index in [4.69, 9.17) is 0 Å². The van der Waals surface area contributed by atoms with Crippen molar-refractivity contribution in [2.45, 2.75) is 17.2 Å². The van der Waals surface area contributed by atoms with Crippen molar-refractivity contribution in [1.29, 1.82) is 0 Å². The lowest BCUT2D eigenvalue weighted by molar-refractivity contribution is 0.412. The number of hydrogen-bond donors (Lipinski definition) is 1. The van der Waals surface area contributed by atoms with Crippen molar-refractivity contribution in [2.75, 3.05) is 7.05 Å². The molecule has 1 aromatic heterocycles. The lowest BCUT2D eigenvalue weighted by Gasteiger charge is -2.02. The molecule has 0 saturated carbocycles. The Bertz CT molecular complexity index is 413. The lowest BCUT2D eigenvalue weighted by Crippen LogP contribution is -2.04. The van der Waals surface area contributed by atoms with E-state index >= 15 is 0 Å². The summed E-state index contributed by atoms with van der Waals surface area (Å²) in [5.74, 6) is 1.46. The minimum Gasteiger partial charge on any atom is -0.343 e. The van der Waals surface area contributed by atoms with Crippen LogP contribution >= 0.6 is 11.8 Å². The van der Waals surface area contributed by atoms with Gasteiger partial charge in [-0.05, 0) is 24.7 Å². The van der Waals surface area contributed by atoms with Gasteiger partial charge in [-0.15, -0.1) is 11.8 Å². The third-order valence-corrected chi connectivity index (χ3v) is 3.09. The van der Waals surface area contributed by atoms with E-state index in [-0.39, 0.29) is 0 Å². The fraction of sp³-hybridized carbons (Fsp3) is 0.273. The molecule has 1 heterocycles. The molecule has 0 aliphatic rings. The summed E-state index contributed by atoms with van der Waals surface area (Å²) in [6.07, 6.45) is 1.35. The van der Waals surface area contributed by atoms with Gasteiger partial charge in [0.05, 0.1) is 5.75 Å². The Hall–Kier alpha value is -1.33. The second kappa shape index (κ2) is 5.67. The first-order valence-electron chi connectivity index (χ1n) is 5.00. The molecule has 0 radical (unpaired) electrons. The molecule has 0 aliphatic carbocycles. The SMILES string of the molecule is CNCc1ccc(SCc2ncon2)cc1. The quantitative estimate of drug-likeness (QED) is 0.804. The molecule has 0 spiro atoms. The molecule has 0 amide bonds. The number of hydrogen-bond acceptors (Lipinski definition) is 5. The van der Waals surface area contributed by atoms with Gasteiger partial charge in [0.15, 0.2) is 5.82 Å². The van der Waals surface area contributed by atoms with Crippen molar-refractivity contribution >= 4 is 11.8 Å². The molecule has 2 aromatic rings. The highest BCUT2D eigenvalue weighted by Crippen LogP contribution is 2.21. The molecule has 0 atom stereocenters. The minimum absolute atomic E-state index is 0.726. The lowest BCUT2D eigenvalue weighted by atomic mass is 10.2. The Morgan fingerprint density at radius 1 is 1.31 bits per heavy atom. The number of nitrogens with one attached hydrogen (secondary N) is 1. The van der Waals surface area contributed by atoms with Crippen molar-refractivity contribution in [1.82, 2.24) is 15.5 Å². The topological polar surface area (TPSA) is 51.0 Å². The third kappa shape index (κ3) is 3.08. The summed E-state index contributed by atoms with van der Waals surface area (Å²) in [5.41, 5.74) is 1.28. The van der Waals surface area contributed by atoms with Gasteiger partial charge in [-0.1, -0.05) is 17.3 Å². The van der Waals surface area contributed by atoms with Crippen LogP contribution in [0.1, 0.15) is 11.4 Å². The van der Waals surface area contributed by atoms with Gasteiger partial charge in [-0.2, -0.15) is 4.98 Å². The van der Waals surface area contributed by atoms with E-state index in [9.17, 15) is 0 Å². The minimum atomic E-state index is 0.726. The van der Waals surface area contributed by atoms with Gasteiger partial charge < -0.3 is 9.84 Å². The molecular weight excluding hydrogens is 222 g/mol. The number of benzene rings is 1. The van der Waals surface area contributed by atoms with E-state index in [1.165, 1.54) is 16.9 Å². The molecule has 2 rings (SSSR count). The number of aromatic nitrogens is 2. The van der Waals surface area contributed by atoms with E-state index in [2.05, 4.69) is 44.2 Å². The van der Waals surface area contributed by atoms with Crippen molar-refractivity contribution in [2.24, 2.45) is 0 Å². The summed E-state index contributed by atoms with van der Waals surface area (Å²) in [6.45, 7) is 0.899.